The average Bonchev–Trinajstić information content (AvgIpc) is 2.55. The minimum atomic E-state index is -4.36. The van der Waals surface area contributed by atoms with Crippen molar-refractivity contribution in [2.24, 2.45) is 0 Å². The molecule has 0 N–H and O–H groups in total. The third-order valence-corrected chi connectivity index (χ3v) is 3.78. The Morgan fingerprint density at radius 3 is 2.19 bits per heavy atom. The van der Waals surface area contributed by atoms with Gasteiger partial charge in [0.15, 0.2) is 11.6 Å². The number of carbonyl (C=O) groups excluding carboxylic acids is 1. The lowest BCUT2D eigenvalue weighted by Crippen LogP contribution is -2.48. The van der Waals surface area contributed by atoms with Crippen molar-refractivity contribution in [1.29, 1.82) is 0 Å². The molecule has 0 heterocycles. The number of hydrogen-bond donors (Lipinski definition) is 0. The number of rotatable bonds is 9. The minimum absolute atomic E-state index is 0.432. The van der Waals surface area contributed by atoms with Crippen molar-refractivity contribution in [3.05, 3.63) is 29.8 Å². The summed E-state index contributed by atoms with van der Waals surface area (Å²) in [4.78, 5) is 11.5. The Kier molecular flexibility index (Phi) is 8.59. The highest BCUT2D eigenvalue weighted by atomic mass is 28.2. The molecule has 6 nitrogen and oxygen atoms in total. The molecule has 154 valence electrons. The second-order valence-electron chi connectivity index (χ2n) is 5.84. The number of hydrogen-bond acceptors (Lipinski definition) is 5. The van der Waals surface area contributed by atoms with E-state index in [4.69, 9.17) is 13.9 Å². The molecule has 0 aromatic heterocycles. The predicted octanol–water partition coefficient (Wildman–Crippen LogP) is 3.43. The molecule has 0 unspecified atom stereocenters. The highest BCUT2D eigenvalue weighted by Gasteiger charge is 2.45. The van der Waals surface area contributed by atoms with Crippen LogP contribution in [0.3, 0.4) is 0 Å². The standard InChI is InChI=1S/C15H20F5NO5Si/c1-8(2)23-14(24-9(3)4)26-27-15(18,19)21(20)13(22)25-11-7-5-6-10(16)12(11)17/h5-9,14H,27H2,1-4H3. The Morgan fingerprint density at radius 1 is 1.11 bits per heavy atom. The fourth-order valence-corrected chi connectivity index (χ4v) is 2.35. The van der Waals surface area contributed by atoms with E-state index in [1.54, 1.807) is 27.7 Å². The van der Waals surface area contributed by atoms with Gasteiger partial charge in [0, 0.05) is 0 Å². The van der Waals surface area contributed by atoms with Crippen molar-refractivity contribution in [3.8, 4) is 5.75 Å². The van der Waals surface area contributed by atoms with Gasteiger partial charge in [0.1, 0.15) is 0 Å². The largest absolute Gasteiger partial charge is 0.448 e. The molecule has 1 aromatic carbocycles. The van der Waals surface area contributed by atoms with Gasteiger partial charge in [0.25, 0.3) is 16.2 Å². The Hall–Kier alpha value is -1.76. The van der Waals surface area contributed by atoms with Crippen LogP contribution >= 0.6 is 0 Å². The third kappa shape index (κ3) is 7.40. The van der Waals surface area contributed by atoms with Crippen LogP contribution in [0, 0.1) is 11.6 Å². The van der Waals surface area contributed by atoms with Crippen LogP contribution in [0.2, 0.25) is 0 Å². The molecule has 0 saturated carbocycles. The third-order valence-electron chi connectivity index (χ3n) is 2.72. The molecule has 0 aliphatic carbocycles. The van der Waals surface area contributed by atoms with Crippen molar-refractivity contribution >= 4 is 15.9 Å². The maximum atomic E-state index is 13.9. The topological polar surface area (TPSA) is 57.2 Å². The van der Waals surface area contributed by atoms with Crippen LogP contribution in [0.1, 0.15) is 27.7 Å². The summed E-state index contributed by atoms with van der Waals surface area (Å²) in [6.45, 7) is 4.93. The van der Waals surface area contributed by atoms with E-state index in [2.05, 4.69) is 4.74 Å². The highest BCUT2D eigenvalue weighted by Crippen LogP contribution is 2.25. The monoisotopic (exact) mass is 417 g/mol. The van der Waals surface area contributed by atoms with Gasteiger partial charge in [0.05, 0.1) is 12.2 Å². The summed E-state index contributed by atoms with van der Waals surface area (Å²) in [5.74, 6) is -4.05. The van der Waals surface area contributed by atoms with Crippen LogP contribution in [0.15, 0.2) is 18.2 Å². The predicted molar refractivity (Wildman–Crippen MR) is 86.1 cm³/mol. The fourth-order valence-electron chi connectivity index (χ4n) is 1.61. The zero-order valence-corrected chi connectivity index (χ0v) is 16.5. The molecule has 0 saturated heterocycles. The number of halogens is 5. The molecule has 1 aromatic rings. The molecule has 0 aliphatic heterocycles. The van der Waals surface area contributed by atoms with E-state index in [0.29, 0.717) is 6.07 Å². The number of carbonyl (C=O) groups is 1. The SMILES string of the molecule is CC(C)OC(O[SiH2]C(F)(F)N(F)C(=O)Oc1cccc(F)c1F)OC(C)C. The summed E-state index contributed by atoms with van der Waals surface area (Å²) < 4.78 is 87.1. The first-order valence-corrected chi connectivity index (χ1v) is 9.14. The second-order valence-corrected chi connectivity index (χ2v) is 7.31. The number of alkyl halides is 2. The summed E-state index contributed by atoms with van der Waals surface area (Å²) in [5, 5.41) is -1.54. The van der Waals surface area contributed by atoms with Crippen molar-refractivity contribution in [1.82, 2.24) is 5.12 Å². The van der Waals surface area contributed by atoms with Gasteiger partial charge in [-0.1, -0.05) is 15.7 Å². The average molecular weight is 417 g/mol. The van der Waals surface area contributed by atoms with E-state index in [1.165, 1.54) is 0 Å². The summed E-state index contributed by atoms with van der Waals surface area (Å²) in [5.41, 5.74) is -4.36. The van der Waals surface area contributed by atoms with Crippen LogP contribution < -0.4 is 4.74 Å². The van der Waals surface area contributed by atoms with E-state index in [1.807, 2.05) is 0 Å². The van der Waals surface area contributed by atoms with Crippen molar-refractivity contribution in [3.63, 3.8) is 0 Å². The smallest absolute Gasteiger partial charge is 0.405 e. The number of amides is 1. The normalized spacial score (nSPS) is 12.6. The molecule has 0 fully saturated rings. The molecule has 0 radical (unpaired) electrons. The molecular formula is C15H20F5NO5Si. The van der Waals surface area contributed by atoms with Gasteiger partial charge >= 0.3 is 11.8 Å². The molecule has 0 spiro atoms. The first kappa shape index (κ1) is 23.3. The number of nitrogens with zero attached hydrogens (tertiary/aromatic N) is 1. The van der Waals surface area contributed by atoms with Gasteiger partial charge in [-0.05, 0) is 39.8 Å². The summed E-state index contributed by atoms with van der Waals surface area (Å²) in [6.07, 6.45) is -3.09. The van der Waals surface area contributed by atoms with Gasteiger partial charge in [0.2, 0.25) is 5.82 Å². The van der Waals surface area contributed by atoms with E-state index < -0.39 is 62.7 Å². The first-order valence-electron chi connectivity index (χ1n) is 7.86. The molecular weight excluding hydrogens is 397 g/mol. The molecule has 12 heteroatoms. The number of benzene rings is 1. The maximum Gasteiger partial charge on any atom is 0.448 e. The zero-order valence-electron chi connectivity index (χ0n) is 15.0. The molecule has 1 amide bonds. The molecule has 0 atom stereocenters. The second kappa shape index (κ2) is 9.97. The van der Waals surface area contributed by atoms with Crippen molar-refractivity contribution in [2.45, 2.75) is 52.0 Å². The van der Waals surface area contributed by atoms with Crippen molar-refractivity contribution < 1.29 is 45.5 Å². The fraction of sp³-hybridized carbons (Fsp3) is 0.533. The van der Waals surface area contributed by atoms with E-state index >= 15 is 0 Å². The van der Waals surface area contributed by atoms with Crippen molar-refractivity contribution in [2.75, 3.05) is 0 Å². The van der Waals surface area contributed by atoms with E-state index in [0.717, 1.165) is 12.1 Å². The van der Waals surface area contributed by atoms with Crippen LogP contribution in [-0.2, 0) is 13.9 Å². The van der Waals surface area contributed by atoms with Crippen LogP contribution in [0.25, 0.3) is 0 Å². The maximum absolute atomic E-state index is 13.9. The van der Waals surface area contributed by atoms with Gasteiger partial charge in [-0.25, -0.2) is 9.18 Å². The quantitative estimate of drug-likeness (QED) is 0.203. The lowest BCUT2D eigenvalue weighted by atomic mass is 10.3. The van der Waals surface area contributed by atoms with Crippen LogP contribution in [0.4, 0.5) is 26.8 Å². The minimum Gasteiger partial charge on any atom is -0.405 e. The van der Waals surface area contributed by atoms with Gasteiger partial charge < -0.3 is 18.6 Å². The Balaban J connectivity index is 2.73. The van der Waals surface area contributed by atoms with Crippen LogP contribution in [-0.4, -0.2) is 45.3 Å². The number of ether oxygens (including phenoxy) is 3. The molecule has 0 bridgehead atoms. The van der Waals surface area contributed by atoms with Gasteiger partial charge in [-0.2, -0.15) is 13.2 Å². The molecule has 1 rings (SSSR count). The van der Waals surface area contributed by atoms with E-state index in [9.17, 15) is 26.8 Å². The first-order chi connectivity index (χ1) is 12.4. The van der Waals surface area contributed by atoms with Gasteiger partial charge in [-0.15, -0.1) is 0 Å². The summed E-state index contributed by atoms with van der Waals surface area (Å²) >= 11 is 0. The Labute approximate surface area is 155 Å². The Morgan fingerprint density at radius 2 is 1.67 bits per heavy atom. The van der Waals surface area contributed by atoms with Crippen LogP contribution in [0.5, 0.6) is 5.75 Å². The summed E-state index contributed by atoms with van der Waals surface area (Å²) in [6, 6.07) is 2.44. The summed E-state index contributed by atoms with van der Waals surface area (Å²) in [7, 11) is -3.09. The highest BCUT2D eigenvalue weighted by molar-refractivity contribution is 6.31. The zero-order chi connectivity index (χ0) is 20.8. The lowest BCUT2D eigenvalue weighted by molar-refractivity contribution is -0.282. The van der Waals surface area contributed by atoms with E-state index in [-0.39, 0.29) is 0 Å². The Bertz CT molecular complexity index is 625. The molecule has 27 heavy (non-hydrogen) atoms. The van der Waals surface area contributed by atoms with Gasteiger partial charge in [-0.3, -0.25) is 0 Å². The molecule has 0 aliphatic rings. The lowest BCUT2D eigenvalue weighted by Gasteiger charge is -2.26.